The molecule has 1 atom stereocenters. The van der Waals surface area contributed by atoms with Gasteiger partial charge in [-0.3, -0.25) is 14.4 Å². The van der Waals surface area contributed by atoms with Crippen LogP contribution in [0.25, 0.3) is 0 Å². The van der Waals surface area contributed by atoms with Gasteiger partial charge in [-0.05, 0) is 44.2 Å². The van der Waals surface area contributed by atoms with Crippen molar-refractivity contribution >= 4 is 18.3 Å². The summed E-state index contributed by atoms with van der Waals surface area (Å²) in [5.41, 5.74) is 0.608. The molecule has 1 unspecified atom stereocenters. The maximum atomic E-state index is 12.8. The highest BCUT2D eigenvalue weighted by molar-refractivity contribution is 5.92. The van der Waals surface area contributed by atoms with E-state index in [1.165, 1.54) is 45.1 Å². The zero-order valence-electron chi connectivity index (χ0n) is 16.3. The molecule has 3 aliphatic rings. The number of piperazine rings is 1. The molecule has 6 nitrogen and oxygen atoms in total. The SMILES string of the molecule is Cl.O=C(c1ccn(C2CCCNC2)n1)N1CCN(CC2CCCCC2)CC1. The van der Waals surface area contributed by atoms with Gasteiger partial charge in [0.05, 0.1) is 6.04 Å². The molecule has 1 amide bonds. The first-order valence-electron chi connectivity index (χ1n) is 10.6. The second-order valence-corrected chi connectivity index (χ2v) is 8.28. The number of rotatable bonds is 4. The first-order chi connectivity index (χ1) is 12.8. The van der Waals surface area contributed by atoms with Crippen LogP contribution in [0.1, 0.15) is 61.5 Å². The van der Waals surface area contributed by atoms with E-state index in [4.69, 9.17) is 0 Å². The summed E-state index contributed by atoms with van der Waals surface area (Å²) in [6, 6.07) is 2.28. The largest absolute Gasteiger partial charge is 0.335 e. The van der Waals surface area contributed by atoms with Gasteiger partial charge in [-0.25, -0.2) is 0 Å². The number of hydrogen-bond acceptors (Lipinski definition) is 4. The molecule has 0 bridgehead atoms. The number of carbonyl (C=O) groups is 1. The Morgan fingerprint density at radius 2 is 1.85 bits per heavy atom. The molecule has 3 fully saturated rings. The number of hydrogen-bond donors (Lipinski definition) is 1. The summed E-state index contributed by atoms with van der Waals surface area (Å²) in [5, 5.41) is 8.01. The Labute approximate surface area is 169 Å². The molecule has 1 N–H and O–H groups in total. The minimum absolute atomic E-state index is 0. The maximum absolute atomic E-state index is 12.8. The highest BCUT2D eigenvalue weighted by Gasteiger charge is 2.26. The smallest absolute Gasteiger partial charge is 0.274 e. The van der Waals surface area contributed by atoms with E-state index in [-0.39, 0.29) is 18.3 Å². The zero-order valence-corrected chi connectivity index (χ0v) is 17.1. The third-order valence-electron chi connectivity index (χ3n) is 6.37. The summed E-state index contributed by atoms with van der Waals surface area (Å²) in [7, 11) is 0. The molecule has 152 valence electrons. The number of aromatic nitrogens is 2. The molecule has 2 aliphatic heterocycles. The number of nitrogens with one attached hydrogen (secondary N) is 1. The number of nitrogens with zero attached hydrogens (tertiary/aromatic N) is 4. The predicted molar refractivity (Wildman–Crippen MR) is 110 cm³/mol. The summed E-state index contributed by atoms with van der Waals surface area (Å²) < 4.78 is 1.98. The monoisotopic (exact) mass is 395 g/mol. The Bertz CT molecular complexity index is 587. The third-order valence-corrected chi connectivity index (χ3v) is 6.37. The van der Waals surface area contributed by atoms with Gasteiger partial charge >= 0.3 is 0 Å². The molecule has 1 aromatic heterocycles. The van der Waals surface area contributed by atoms with Crippen molar-refractivity contribution in [3.05, 3.63) is 18.0 Å². The van der Waals surface area contributed by atoms with Crippen LogP contribution in [-0.2, 0) is 0 Å². The number of carbonyl (C=O) groups excluding carboxylic acids is 1. The summed E-state index contributed by atoms with van der Waals surface area (Å²) in [6.07, 6.45) is 11.3. The fourth-order valence-electron chi connectivity index (χ4n) is 4.75. The third kappa shape index (κ3) is 5.24. The summed E-state index contributed by atoms with van der Waals surface area (Å²) >= 11 is 0. The lowest BCUT2D eigenvalue weighted by Crippen LogP contribution is -2.50. The van der Waals surface area contributed by atoms with Crippen LogP contribution in [0.3, 0.4) is 0 Å². The molecule has 27 heavy (non-hydrogen) atoms. The normalized spacial score (nSPS) is 25.2. The van der Waals surface area contributed by atoms with Crippen molar-refractivity contribution in [3.8, 4) is 0 Å². The van der Waals surface area contributed by atoms with E-state index < -0.39 is 0 Å². The van der Waals surface area contributed by atoms with Crippen LogP contribution in [0.5, 0.6) is 0 Å². The molecule has 0 spiro atoms. The van der Waals surface area contributed by atoms with Gasteiger partial charge in [0.25, 0.3) is 5.91 Å². The first-order valence-corrected chi connectivity index (χ1v) is 10.6. The van der Waals surface area contributed by atoms with Gasteiger partial charge < -0.3 is 10.2 Å². The molecule has 1 aromatic rings. The zero-order chi connectivity index (χ0) is 17.8. The number of piperidine rings is 1. The van der Waals surface area contributed by atoms with Crippen molar-refractivity contribution in [3.63, 3.8) is 0 Å². The van der Waals surface area contributed by atoms with E-state index in [1.54, 1.807) is 0 Å². The minimum atomic E-state index is 0. The number of halogens is 1. The topological polar surface area (TPSA) is 53.4 Å². The van der Waals surface area contributed by atoms with Gasteiger partial charge in [0, 0.05) is 45.5 Å². The summed E-state index contributed by atoms with van der Waals surface area (Å²) in [6.45, 7) is 6.97. The van der Waals surface area contributed by atoms with Crippen LogP contribution in [-0.4, -0.2) is 71.3 Å². The second kappa shape index (κ2) is 9.89. The van der Waals surface area contributed by atoms with Crippen LogP contribution in [0.4, 0.5) is 0 Å². The van der Waals surface area contributed by atoms with Crippen molar-refractivity contribution in [2.24, 2.45) is 5.92 Å². The van der Waals surface area contributed by atoms with Crippen molar-refractivity contribution in [2.45, 2.75) is 51.0 Å². The molecule has 3 heterocycles. The minimum Gasteiger partial charge on any atom is -0.335 e. The highest BCUT2D eigenvalue weighted by atomic mass is 35.5. The van der Waals surface area contributed by atoms with Crippen molar-refractivity contribution in [1.82, 2.24) is 24.9 Å². The van der Waals surface area contributed by atoms with Crippen LogP contribution >= 0.6 is 12.4 Å². The predicted octanol–water partition coefficient (Wildman–Crippen LogP) is 2.57. The lowest BCUT2D eigenvalue weighted by Gasteiger charge is -2.37. The first kappa shape index (κ1) is 20.6. The Morgan fingerprint density at radius 3 is 2.56 bits per heavy atom. The summed E-state index contributed by atoms with van der Waals surface area (Å²) in [5.74, 6) is 0.982. The highest BCUT2D eigenvalue weighted by Crippen LogP contribution is 2.25. The van der Waals surface area contributed by atoms with Crippen molar-refractivity contribution in [2.75, 3.05) is 45.8 Å². The van der Waals surface area contributed by atoms with E-state index >= 15 is 0 Å². The van der Waals surface area contributed by atoms with Gasteiger partial charge in [-0.15, -0.1) is 12.4 Å². The molecule has 4 rings (SSSR count). The second-order valence-electron chi connectivity index (χ2n) is 8.28. The van der Waals surface area contributed by atoms with Crippen LogP contribution in [0.15, 0.2) is 12.3 Å². The van der Waals surface area contributed by atoms with E-state index in [2.05, 4.69) is 15.3 Å². The van der Waals surface area contributed by atoms with Gasteiger partial charge in [0.1, 0.15) is 5.69 Å². The van der Waals surface area contributed by atoms with E-state index in [1.807, 2.05) is 21.8 Å². The molecule has 0 radical (unpaired) electrons. The Morgan fingerprint density at radius 1 is 1.07 bits per heavy atom. The fourth-order valence-corrected chi connectivity index (χ4v) is 4.75. The quantitative estimate of drug-likeness (QED) is 0.851. The van der Waals surface area contributed by atoms with Crippen LogP contribution in [0, 0.1) is 5.92 Å². The van der Waals surface area contributed by atoms with Crippen molar-refractivity contribution in [1.29, 1.82) is 0 Å². The molecule has 1 aliphatic carbocycles. The van der Waals surface area contributed by atoms with Crippen molar-refractivity contribution < 1.29 is 4.79 Å². The fraction of sp³-hybridized carbons (Fsp3) is 0.800. The molecule has 0 aromatic carbocycles. The molecule has 2 saturated heterocycles. The molecule has 7 heteroatoms. The maximum Gasteiger partial charge on any atom is 0.274 e. The van der Waals surface area contributed by atoms with Gasteiger partial charge in [0.2, 0.25) is 0 Å². The molecule has 1 saturated carbocycles. The number of amides is 1. The Hall–Kier alpha value is -1.11. The Kier molecular flexibility index (Phi) is 7.56. The Balaban J connectivity index is 0.00000210. The summed E-state index contributed by atoms with van der Waals surface area (Å²) in [4.78, 5) is 17.4. The van der Waals surface area contributed by atoms with E-state index in [0.717, 1.165) is 51.6 Å². The van der Waals surface area contributed by atoms with E-state index in [0.29, 0.717) is 11.7 Å². The average molecular weight is 396 g/mol. The van der Waals surface area contributed by atoms with Gasteiger partial charge in [-0.2, -0.15) is 5.10 Å². The van der Waals surface area contributed by atoms with Crippen LogP contribution in [0.2, 0.25) is 0 Å². The lowest BCUT2D eigenvalue weighted by atomic mass is 9.89. The van der Waals surface area contributed by atoms with Gasteiger partial charge in [-0.1, -0.05) is 19.3 Å². The standard InChI is InChI=1S/C20H33N5O.ClH/c26-20(19-8-10-25(22-19)18-7-4-9-21-15-18)24-13-11-23(12-14-24)16-17-5-2-1-3-6-17;/h8,10,17-18,21H,1-7,9,11-16H2;1H. The average Bonchev–Trinajstić information content (AvgIpc) is 3.20. The van der Waals surface area contributed by atoms with E-state index in [9.17, 15) is 4.79 Å². The van der Waals surface area contributed by atoms with Gasteiger partial charge in [0.15, 0.2) is 0 Å². The lowest BCUT2D eigenvalue weighted by molar-refractivity contribution is 0.0599. The van der Waals surface area contributed by atoms with Crippen LogP contribution < -0.4 is 5.32 Å². The molecular weight excluding hydrogens is 362 g/mol. The molecular formula is C20H34ClN5O.